The van der Waals surface area contributed by atoms with Crippen LogP contribution in [0.3, 0.4) is 0 Å². The molecular formula is C14H22N2O. The highest BCUT2D eigenvalue weighted by Crippen LogP contribution is 2.18. The van der Waals surface area contributed by atoms with Crippen molar-refractivity contribution in [2.75, 3.05) is 33.2 Å². The second-order valence-electron chi connectivity index (χ2n) is 4.58. The lowest BCUT2D eigenvalue weighted by Crippen LogP contribution is -2.40. The lowest BCUT2D eigenvalue weighted by Gasteiger charge is -2.32. The van der Waals surface area contributed by atoms with Crippen LogP contribution in [0.2, 0.25) is 0 Å². The third kappa shape index (κ3) is 4.02. The summed E-state index contributed by atoms with van der Waals surface area (Å²) in [6, 6.07) is 10.1. The van der Waals surface area contributed by atoms with E-state index in [0.717, 1.165) is 44.8 Å². The van der Waals surface area contributed by atoms with Crippen molar-refractivity contribution in [1.29, 1.82) is 0 Å². The van der Waals surface area contributed by atoms with Gasteiger partial charge in [-0.25, -0.2) is 0 Å². The lowest BCUT2D eigenvalue weighted by atomic mass is 10.1. The summed E-state index contributed by atoms with van der Waals surface area (Å²) in [7, 11) is 2.01. The molecule has 1 aromatic rings. The van der Waals surface area contributed by atoms with Crippen molar-refractivity contribution in [1.82, 2.24) is 10.2 Å². The standard InChI is InChI=1S/C14H22N2O/c1-15-9-12-16-10-7-14(8-11-16)17-13-5-3-2-4-6-13/h2-6,14-15H,7-12H2,1H3. The van der Waals surface area contributed by atoms with E-state index in [4.69, 9.17) is 4.74 Å². The van der Waals surface area contributed by atoms with Gasteiger partial charge in [-0.2, -0.15) is 0 Å². The van der Waals surface area contributed by atoms with Gasteiger partial charge < -0.3 is 15.0 Å². The number of ether oxygens (including phenoxy) is 1. The summed E-state index contributed by atoms with van der Waals surface area (Å²) in [4.78, 5) is 2.50. The molecule has 0 bridgehead atoms. The summed E-state index contributed by atoms with van der Waals surface area (Å²) in [5.74, 6) is 1.00. The van der Waals surface area contributed by atoms with Crippen molar-refractivity contribution < 1.29 is 4.74 Å². The van der Waals surface area contributed by atoms with Crippen LogP contribution >= 0.6 is 0 Å². The minimum Gasteiger partial charge on any atom is -0.490 e. The van der Waals surface area contributed by atoms with Crippen molar-refractivity contribution in [3.63, 3.8) is 0 Å². The molecule has 3 heteroatoms. The molecule has 0 saturated carbocycles. The maximum atomic E-state index is 5.97. The molecule has 1 aliphatic rings. The van der Waals surface area contributed by atoms with Crippen LogP contribution in [0.1, 0.15) is 12.8 Å². The molecule has 1 aliphatic heterocycles. The average molecular weight is 234 g/mol. The number of nitrogens with zero attached hydrogens (tertiary/aromatic N) is 1. The van der Waals surface area contributed by atoms with E-state index >= 15 is 0 Å². The van der Waals surface area contributed by atoms with Gasteiger partial charge in [0, 0.05) is 26.2 Å². The molecule has 17 heavy (non-hydrogen) atoms. The Labute approximate surface area is 104 Å². The van der Waals surface area contributed by atoms with E-state index in [0.29, 0.717) is 6.10 Å². The fraction of sp³-hybridized carbons (Fsp3) is 0.571. The Bertz CT molecular complexity index is 307. The molecule has 0 atom stereocenters. The average Bonchev–Trinajstić information content (AvgIpc) is 2.39. The molecule has 0 amide bonds. The molecule has 1 fully saturated rings. The number of likely N-dealkylation sites (N-methyl/N-ethyl adjacent to an activating group) is 1. The Morgan fingerprint density at radius 3 is 2.59 bits per heavy atom. The monoisotopic (exact) mass is 234 g/mol. The molecule has 0 unspecified atom stereocenters. The van der Waals surface area contributed by atoms with Crippen molar-refractivity contribution in [2.24, 2.45) is 0 Å². The highest BCUT2D eigenvalue weighted by atomic mass is 16.5. The lowest BCUT2D eigenvalue weighted by molar-refractivity contribution is 0.101. The summed E-state index contributed by atoms with van der Waals surface area (Å²) < 4.78 is 5.97. The maximum absolute atomic E-state index is 5.97. The molecule has 2 rings (SSSR count). The Kier molecular flexibility index (Phi) is 4.83. The molecule has 0 spiro atoms. The van der Waals surface area contributed by atoms with Gasteiger partial charge >= 0.3 is 0 Å². The van der Waals surface area contributed by atoms with Gasteiger partial charge in [0.1, 0.15) is 11.9 Å². The van der Waals surface area contributed by atoms with E-state index in [-0.39, 0.29) is 0 Å². The Balaban J connectivity index is 1.72. The molecule has 94 valence electrons. The smallest absolute Gasteiger partial charge is 0.119 e. The summed E-state index contributed by atoms with van der Waals surface area (Å²) >= 11 is 0. The zero-order valence-corrected chi connectivity index (χ0v) is 10.6. The number of benzene rings is 1. The van der Waals surface area contributed by atoms with Gasteiger partial charge in [0.25, 0.3) is 0 Å². The summed E-state index contributed by atoms with van der Waals surface area (Å²) in [6.45, 7) is 4.52. The van der Waals surface area contributed by atoms with Gasteiger partial charge in [0.15, 0.2) is 0 Å². The predicted octanol–water partition coefficient (Wildman–Crippen LogP) is 1.75. The van der Waals surface area contributed by atoms with E-state index in [9.17, 15) is 0 Å². The van der Waals surface area contributed by atoms with Crippen LogP contribution < -0.4 is 10.1 Å². The van der Waals surface area contributed by atoms with Crippen LogP contribution in [0.4, 0.5) is 0 Å². The number of likely N-dealkylation sites (tertiary alicyclic amines) is 1. The van der Waals surface area contributed by atoms with Crippen molar-refractivity contribution >= 4 is 0 Å². The number of nitrogens with one attached hydrogen (secondary N) is 1. The normalized spacial score (nSPS) is 18.2. The fourth-order valence-corrected chi connectivity index (χ4v) is 2.21. The van der Waals surface area contributed by atoms with Crippen molar-refractivity contribution in [3.05, 3.63) is 30.3 Å². The first-order valence-electron chi connectivity index (χ1n) is 6.47. The second kappa shape index (κ2) is 6.62. The Morgan fingerprint density at radius 2 is 1.94 bits per heavy atom. The number of hydrogen-bond donors (Lipinski definition) is 1. The number of piperidine rings is 1. The third-order valence-electron chi connectivity index (χ3n) is 3.26. The first kappa shape index (κ1) is 12.4. The zero-order chi connectivity index (χ0) is 11.9. The minimum absolute atomic E-state index is 0.392. The van der Waals surface area contributed by atoms with Crippen molar-refractivity contribution in [2.45, 2.75) is 18.9 Å². The molecule has 1 saturated heterocycles. The number of rotatable bonds is 5. The van der Waals surface area contributed by atoms with Crippen LogP contribution in [-0.4, -0.2) is 44.2 Å². The minimum atomic E-state index is 0.392. The molecule has 3 nitrogen and oxygen atoms in total. The van der Waals surface area contributed by atoms with Crippen LogP contribution in [-0.2, 0) is 0 Å². The Hall–Kier alpha value is -1.06. The molecule has 0 aliphatic carbocycles. The maximum Gasteiger partial charge on any atom is 0.119 e. The van der Waals surface area contributed by atoms with Gasteiger partial charge in [0.05, 0.1) is 0 Å². The van der Waals surface area contributed by atoms with Gasteiger partial charge in [-0.3, -0.25) is 0 Å². The van der Waals surface area contributed by atoms with E-state index in [1.54, 1.807) is 0 Å². The summed E-state index contributed by atoms with van der Waals surface area (Å²) in [6.07, 6.45) is 2.67. The summed E-state index contributed by atoms with van der Waals surface area (Å²) in [5.41, 5.74) is 0. The van der Waals surface area contributed by atoms with E-state index in [2.05, 4.69) is 10.2 Å². The number of para-hydroxylation sites is 1. The third-order valence-corrected chi connectivity index (χ3v) is 3.26. The van der Waals surface area contributed by atoms with Gasteiger partial charge in [0.2, 0.25) is 0 Å². The molecule has 1 heterocycles. The SMILES string of the molecule is CNCCN1CCC(Oc2ccccc2)CC1. The first-order chi connectivity index (χ1) is 8.38. The molecule has 0 aromatic heterocycles. The van der Waals surface area contributed by atoms with E-state index in [1.807, 2.05) is 37.4 Å². The first-order valence-corrected chi connectivity index (χ1v) is 6.47. The second-order valence-corrected chi connectivity index (χ2v) is 4.58. The van der Waals surface area contributed by atoms with Crippen LogP contribution in [0.5, 0.6) is 5.75 Å². The molecule has 0 radical (unpaired) electrons. The summed E-state index contributed by atoms with van der Waals surface area (Å²) in [5, 5.41) is 3.19. The molecule has 1 N–H and O–H groups in total. The van der Waals surface area contributed by atoms with Gasteiger partial charge in [-0.15, -0.1) is 0 Å². The molecular weight excluding hydrogens is 212 g/mol. The highest BCUT2D eigenvalue weighted by molar-refractivity contribution is 5.21. The molecule has 1 aromatic carbocycles. The zero-order valence-electron chi connectivity index (χ0n) is 10.6. The van der Waals surface area contributed by atoms with E-state index in [1.165, 1.54) is 0 Å². The fourth-order valence-electron chi connectivity index (χ4n) is 2.21. The Morgan fingerprint density at radius 1 is 1.24 bits per heavy atom. The van der Waals surface area contributed by atoms with Crippen molar-refractivity contribution in [3.8, 4) is 5.75 Å². The highest BCUT2D eigenvalue weighted by Gasteiger charge is 2.19. The van der Waals surface area contributed by atoms with Crippen LogP contribution in [0.15, 0.2) is 30.3 Å². The van der Waals surface area contributed by atoms with Gasteiger partial charge in [-0.05, 0) is 32.0 Å². The van der Waals surface area contributed by atoms with Crippen LogP contribution in [0.25, 0.3) is 0 Å². The quantitative estimate of drug-likeness (QED) is 0.840. The number of hydrogen-bond acceptors (Lipinski definition) is 3. The van der Waals surface area contributed by atoms with Gasteiger partial charge in [-0.1, -0.05) is 18.2 Å². The van der Waals surface area contributed by atoms with E-state index < -0.39 is 0 Å². The predicted molar refractivity (Wildman–Crippen MR) is 70.5 cm³/mol. The largest absolute Gasteiger partial charge is 0.490 e. The topological polar surface area (TPSA) is 24.5 Å². The van der Waals surface area contributed by atoms with Crippen LogP contribution in [0, 0.1) is 0 Å².